The molecule has 0 aliphatic heterocycles. The highest BCUT2D eigenvalue weighted by atomic mass is 16.4. The Labute approximate surface area is 68.0 Å². The predicted molar refractivity (Wildman–Crippen MR) is 42.8 cm³/mol. The Morgan fingerprint density at radius 2 is 2.00 bits per heavy atom. The van der Waals surface area contributed by atoms with Crippen LogP contribution in [-0.2, 0) is 5.11 Å². The molecule has 0 saturated heterocycles. The number of amides is 1. The number of hydrogen-bond acceptors (Lipinski definition) is 1. The van der Waals surface area contributed by atoms with Crippen molar-refractivity contribution in [3.05, 3.63) is 0 Å². The molecule has 0 aromatic rings. The van der Waals surface area contributed by atoms with Crippen molar-refractivity contribution in [1.82, 2.24) is 4.90 Å². The zero-order valence-corrected chi connectivity index (χ0v) is 7.46. The van der Waals surface area contributed by atoms with Crippen LogP contribution in [0, 0.1) is 5.92 Å². The van der Waals surface area contributed by atoms with Gasteiger partial charge in [0.2, 0.25) is 0 Å². The summed E-state index contributed by atoms with van der Waals surface area (Å²) in [5.41, 5.74) is 0. The Balaban J connectivity index is 3.61. The average Bonchev–Trinajstić information content (AvgIpc) is 1.87. The van der Waals surface area contributed by atoms with Crippen LogP contribution in [-0.4, -0.2) is 24.1 Å². The lowest BCUT2D eigenvalue weighted by molar-refractivity contribution is 0.120. The quantitative estimate of drug-likeness (QED) is 0.616. The molecule has 65 valence electrons. The van der Waals surface area contributed by atoms with Gasteiger partial charge in [-0.15, -0.1) is 0 Å². The van der Waals surface area contributed by atoms with Gasteiger partial charge in [0, 0.05) is 13.1 Å². The largest absolute Gasteiger partial charge is 0.453 e. The van der Waals surface area contributed by atoms with E-state index in [2.05, 4.69) is 13.8 Å². The number of carbonyl (C=O) groups is 1. The third-order valence-corrected chi connectivity index (χ3v) is 1.62. The molecular weight excluding hydrogens is 142 g/mol. The van der Waals surface area contributed by atoms with Gasteiger partial charge in [0.1, 0.15) is 0 Å². The Kier molecular flexibility index (Phi) is 4.66. The molecular formula is C8H16NO2. The van der Waals surface area contributed by atoms with Crippen LogP contribution in [0.15, 0.2) is 0 Å². The average molecular weight is 158 g/mol. The van der Waals surface area contributed by atoms with E-state index in [0.29, 0.717) is 19.0 Å². The molecule has 0 unspecified atom stereocenters. The SMILES string of the molecule is CCN(CCC(C)C)C([O])=O. The van der Waals surface area contributed by atoms with Crippen molar-refractivity contribution in [2.24, 2.45) is 5.92 Å². The molecule has 3 heteroatoms. The third-order valence-electron chi connectivity index (χ3n) is 1.62. The molecule has 0 aliphatic rings. The second kappa shape index (κ2) is 4.99. The van der Waals surface area contributed by atoms with Gasteiger partial charge in [-0.05, 0) is 19.3 Å². The van der Waals surface area contributed by atoms with Gasteiger partial charge in [0.05, 0.1) is 0 Å². The minimum absolute atomic E-state index is 0.523. The van der Waals surface area contributed by atoms with Crippen LogP contribution in [0.3, 0.4) is 0 Å². The molecule has 0 N–H and O–H groups in total. The predicted octanol–water partition coefficient (Wildman–Crippen LogP) is 1.90. The molecule has 0 atom stereocenters. The maximum absolute atomic E-state index is 10.4. The molecule has 0 spiro atoms. The molecule has 1 radical (unpaired) electrons. The lowest BCUT2D eigenvalue weighted by atomic mass is 10.1. The van der Waals surface area contributed by atoms with E-state index < -0.39 is 6.09 Å². The first-order chi connectivity index (χ1) is 5.07. The van der Waals surface area contributed by atoms with Crippen molar-refractivity contribution in [3.8, 4) is 0 Å². The fraction of sp³-hybridized carbons (Fsp3) is 0.875. The Bertz CT molecular complexity index is 123. The summed E-state index contributed by atoms with van der Waals surface area (Å²) in [5, 5.41) is 10.4. The van der Waals surface area contributed by atoms with E-state index in [0.717, 1.165) is 6.42 Å². The summed E-state index contributed by atoms with van der Waals surface area (Å²) in [5.74, 6) is 0.545. The maximum atomic E-state index is 10.4. The molecule has 0 aromatic carbocycles. The molecule has 0 saturated carbocycles. The van der Waals surface area contributed by atoms with Crippen LogP contribution in [0.4, 0.5) is 4.79 Å². The number of carbonyl (C=O) groups excluding carboxylic acids is 1. The van der Waals surface area contributed by atoms with E-state index in [-0.39, 0.29) is 0 Å². The van der Waals surface area contributed by atoms with E-state index in [1.165, 1.54) is 4.90 Å². The number of nitrogens with zero attached hydrogens (tertiary/aromatic N) is 1. The van der Waals surface area contributed by atoms with Crippen molar-refractivity contribution >= 4 is 6.09 Å². The molecule has 0 bridgehead atoms. The summed E-state index contributed by atoms with van der Waals surface area (Å²) in [7, 11) is 0. The van der Waals surface area contributed by atoms with Gasteiger partial charge in [-0.25, -0.2) is 9.90 Å². The van der Waals surface area contributed by atoms with E-state index in [1.54, 1.807) is 0 Å². The Morgan fingerprint density at radius 3 is 2.27 bits per heavy atom. The van der Waals surface area contributed by atoms with Gasteiger partial charge < -0.3 is 4.90 Å². The van der Waals surface area contributed by atoms with Crippen LogP contribution >= 0.6 is 0 Å². The zero-order chi connectivity index (χ0) is 8.85. The topological polar surface area (TPSA) is 40.2 Å². The Hall–Kier alpha value is -0.730. The van der Waals surface area contributed by atoms with Crippen LogP contribution in [0.1, 0.15) is 27.2 Å². The highest BCUT2D eigenvalue weighted by Gasteiger charge is 2.10. The van der Waals surface area contributed by atoms with E-state index in [1.807, 2.05) is 6.92 Å². The first-order valence-electron chi connectivity index (χ1n) is 4.03. The highest BCUT2D eigenvalue weighted by molar-refractivity contribution is 5.64. The molecule has 1 amide bonds. The minimum Gasteiger partial charge on any atom is -0.305 e. The minimum atomic E-state index is -1.06. The molecule has 0 fully saturated rings. The van der Waals surface area contributed by atoms with Crippen LogP contribution in [0.5, 0.6) is 0 Å². The first-order valence-corrected chi connectivity index (χ1v) is 4.03. The molecule has 0 aromatic heterocycles. The van der Waals surface area contributed by atoms with E-state index in [9.17, 15) is 9.90 Å². The molecule has 3 nitrogen and oxygen atoms in total. The number of hydrogen-bond donors (Lipinski definition) is 0. The summed E-state index contributed by atoms with van der Waals surface area (Å²) < 4.78 is 0. The zero-order valence-electron chi connectivity index (χ0n) is 7.46. The van der Waals surface area contributed by atoms with Gasteiger partial charge in [-0.2, -0.15) is 0 Å². The maximum Gasteiger partial charge on any atom is 0.453 e. The molecule has 0 aliphatic carbocycles. The third kappa shape index (κ3) is 4.65. The van der Waals surface area contributed by atoms with Gasteiger partial charge in [0.25, 0.3) is 0 Å². The normalized spacial score (nSPS) is 10.2. The van der Waals surface area contributed by atoms with Crippen LogP contribution < -0.4 is 0 Å². The van der Waals surface area contributed by atoms with Gasteiger partial charge in [-0.3, -0.25) is 0 Å². The van der Waals surface area contributed by atoms with Gasteiger partial charge in [0.15, 0.2) is 0 Å². The summed E-state index contributed by atoms with van der Waals surface area (Å²) >= 11 is 0. The Morgan fingerprint density at radius 1 is 1.45 bits per heavy atom. The fourth-order valence-corrected chi connectivity index (χ4v) is 0.793. The lowest BCUT2D eigenvalue weighted by Gasteiger charge is -2.16. The fourth-order valence-electron chi connectivity index (χ4n) is 0.793. The van der Waals surface area contributed by atoms with Crippen LogP contribution in [0.2, 0.25) is 0 Å². The summed E-state index contributed by atoms with van der Waals surface area (Å²) in [6, 6.07) is 0. The highest BCUT2D eigenvalue weighted by Crippen LogP contribution is 2.01. The lowest BCUT2D eigenvalue weighted by Crippen LogP contribution is -2.29. The first kappa shape index (κ1) is 10.3. The summed E-state index contributed by atoms with van der Waals surface area (Å²) in [4.78, 5) is 11.7. The van der Waals surface area contributed by atoms with Crippen molar-refractivity contribution in [2.75, 3.05) is 13.1 Å². The monoisotopic (exact) mass is 158 g/mol. The van der Waals surface area contributed by atoms with Gasteiger partial charge >= 0.3 is 6.09 Å². The van der Waals surface area contributed by atoms with Crippen molar-refractivity contribution in [3.63, 3.8) is 0 Å². The molecule has 0 rings (SSSR count). The number of rotatable bonds is 4. The van der Waals surface area contributed by atoms with Crippen molar-refractivity contribution in [1.29, 1.82) is 0 Å². The second-order valence-corrected chi connectivity index (χ2v) is 3.03. The van der Waals surface area contributed by atoms with E-state index in [4.69, 9.17) is 0 Å². The summed E-state index contributed by atoms with van der Waals surface area (Å²) in [6.07, 6.45) is -0.157. The van der Waals surface area contributed by atoms with Crippen LogP contribution in [0.25, 0.3) is 0 Å². The van der Waals surface area contributed by atoms with Crippen molar-refractivity contribution in [2.45, 2.75) is 27.2 Å². The van der Waals surface area contributed by atoms with Crippen molar-refractivity contribution < 1.29 is 9.90 Å². The van der Waals surface area contributed by atoms with E-state index >= 15 is 0 Å². The van der Waals surface area contributed by atoms with Gasteiger partial charge in [-0.1, -0.05) is 13.8 Å². The standard InChI is InChI=1S/C8H16NO2/c1-4-9(8(10)11)6-5-7(2)3/h7H,4-6H2,1-3H3. The molecule has 0 heterocycles. The molecule has 11 heavy (non-hydrogen) atoms. The summed E-state index contributed by atoms with van der Waals surface area (Å²) in [6.45, 7) is 7.08. The smallest absolute Gasteiger partial charge is 0.305 e. The second-order valence-electron chi connectivity index (χ2n) is 3.03.